The summed E-state index contributed by atoms with van der Waals surface area (Å²) in [4.78, 5) is 12.0. The number of nitrogens with one attached hydrogen (secondary N) is 2. The van der Waals surface area contributed by atoms with Crippen molar-refractivity contribution < 1.29 is 4.79 Å². The molecular weight excluding hydrogens is 328 g/mol. The van der Waals surface area contributed by atoms with Crippen molar-refractivity contribution >= 4 is 40.5 Å². The van der Waals surface area contributed by atoms with Gasteiger partial charge in [-0.15, -0.1) is 0 Å². The van der Waals surface area contributed by atoms with E-state index in [0.29, 0.717) is 22.2 Å². The second kappa shape index (κ2) is 8.09. The molecule has 120 valence electrons. The van der Waals surface area contributed by atoms with Crippen LogP contribution in [0.4, 0.5) is 5.69 Å². The van der Waals surface area contributed by atoms with Crippen LogP contribution in [-0.2, 0) is 0 Å². The fraction of sp³-hybridized carbons (Fsp3) is 0.222. The minimum atomic E-state index is -0.254. The van der Waals surface area contributed by atoms with Gasteiger partial charge < -0.3 is 5.32 Å². The Morgan fingerprint density at radius 1 is 1.22 bits per heavy atom. The van der Waals surface area contributed by atoms with Gasteiger partial charge in [0.05, 0.1) is 10.7 Å². The summed E-state index contributed by atoms with van der Waals surface area (Å²) in [7, 11) is 0. The number of halogens is 1. The van der Waals surface area contributed by atoms with Crippen LogP contribution in [0.25, 0.3) is 0 Å². The number of rotatable bonds is 4. The monoisotopic (exact) mass is 346 g/mol. The molecule has 0 heterocycles. The van der Waals surface area contributed by atoms with Crippen LogP contribution in [0.15, 0.2) is 48.5 Å². The van der Waals surface area contributed by atoms with Crippen molar-refractivity contribution in [3.8, 4) is 0 Å². The minimum absolute atomic E-state index is 0.219. The number of amides is 1. The number of hydrogen-bond acceptors (Lipinski definition) is 2. The van der Waals surface area contributed by atoms with Crippen molar-refractivity contribution in [1.29, 1.82) is 0 Å². The molecule has 0 bridgehead atoms. The van der Waals surface area contributed by atoms with Crippen molar-refractivity contribution in [2.45, 2.75) is 26.2 Å². The predicted molar refractivity (Wildman–Crippen MR) is 100 cm³/mol. The van der Waals surface area contributed by atoms with Gasteiger partial charge in [-0.05, 0) is 54.4 Å². The lowest BCUT2D eigenvalue weighted by Crippen LogP contribution is -2.34. The van der Waals surface area contributed by atoms with E-state index < -0.39 is 0 Å². The van der Waals surface area contributed by atoms with E-state index in [-0.39, 0.29) is 11.0 Å². The molecule has 0 aliphatic heterocycles. The smallest absolute Gasteiger partial charge is 0.257 e. The lowest BCUT2D eigenvalue weighted by molar-refractivity contribution is 0.0977. The average Bonchev–Trinajstić information content (AvgIpc) is 2.56. The lowest BCUT2D eigenvalue weighted by atomic mass is 9.98. The van der Waals surface area contributed by atoms with E-state index in [2.05, 4.69) is 24.5 Å². The molecule has 0 saturated carbocycles. The van der Waals surface area contributed by atoms with Crippen LogP contribution in [0.5, 0.6) is 0 Å². The Labute approximate surface area is 147 Å². The summed E-state index contributed by atoms with van der Waals surface area (Å²) in [6.45, 7) is 4.29. The zero-order chi connectivity index (χ0) is 16.8. The molecule has 0 saturated heterocycles. The Hall–Kier alpha value is -1.91. The second-order valence-electron chi connectivity index (χ2n) is 5.32. The highest BCUT2D eigenvalue weighted by molar-refractivity contribution is 7.80. The van der Waals surface area contributed by atoms with Gasteiger partial charge in [-0.1, -0.05) is 49.7 Å². The minimum Gasteiger partial charge on any atom is -0.331 e. The molecule has 2 aromatic carbocycles. The Morgan fingerprint density at radius 2 is 1.91 bits per heavy atom. The van der Waals surface area contributed by atoms with Gasteiger partial charge in [-0.3, -0.25) is 10.1 Å². The van der Waals surface area contributed by atoms with E-state index in [0.717, 1.165) is 6.42 Å². The van der Waals surface area contributed by atoms with Gasteiger partial charge in [-0.2, -0.15) is 0 Å². The van der Waals surface area contributed by atoms with Gasteiger partial charge in [0.2, 0.25) is 0 Å². The molecule has 0 radical (unpaired) electrons. The van der Waals surface area contributed by atoms with E-state index >= 15 is 0 Å². The Morgan fingerprint density at radius 3 is 2.52 bits per heavy atom. The molecule has 0 aliphatic rings. The number of thiocarbonyl (C=S) groups is 1. The van der Waals surface area contributed by atoms with Gasteiger partial charge in [0, 0.05) is 5.56 Å². The van der Waals surface area contributed by atoms with Gasteiger partial charge in [-0.25, -0.2) is 0 Å². The highest BCUT2D eigenvalue weighted by Gasteiger charge is 2.10. The third-order valence-electron chi connectivity index (χ3n) is 3.69. The maximum Gasteiger partial charge on any atom is 0.257 e. The molecule has 1 unspecified atom stereocenters. The van der Waals surface area contributed by atoms with Gasteiger partial charge in [0.15, 0.2) is 5.11 Å². The van der Waals surface area contributed by atoms with E-state index in [1.54, 1.807) is 24.3 Å². The van der Waals surface area contributed by atoms with Crippen molar-refractivity contribution in [2.24, 2.45) is 0 Å². The highest BCUT2D eigenvalue weighted by Crippen LogP contribution is 2.28. The highest BCUT2D eigenvalue weighted by atomic mass is 35.5. The van der Waals surface area contributed by atoms with Crippen LogP contribution < -0.4 is 10.6 Å². The molecule has 23 heavy (non-hydrogen) atoms. The van der Waals surface area contributed by atoms with Crippen LogP contribution in [0.3, 0.4) is 0 Å². The van der Waals surface area contributed by atoms with Gasteiger partial charge in [0.25, 0.3) is 5.91 Å². The zero-order valence-electron chi connectivity index (χ0n) is 13.1. The third-order valence-corrected chi connectivity index (χ3v) is 4.20. The van der Waals surface area contributed by atoms with Crippen molar-refractivity contribution in [2.75, 3.05) is 5.32 Å². The van der Waals surface area contributed by atoms with E-state index in [4.69, 9.17) is 23.8 Å². The van der Waals surface area contributed by atoms with Crippen molar-refractivity contribution in [3.05, 3.63) is 64.7 Å². The SMILES string of the molecule is CCC(C)c1ccc(NC(=S)NC(=O)c2ccccc2)c(Cl)c1. The first-order valence-corrected chi connectivity index (χ1v) is 8.26. The molecular formula is C18H19ClN2OS. The summed E-state index contributed by atoms with van der Waals surface area (Å²) >= 11 is 11.5. The first-order valence-electron chi connectivity index (χ1n) is 7.48. The first-order chi connectivity index (χ1) is 11.0. The van der Waals surface area contributed by atoms with Crippen molar-refractivity contribution in [1.82, 2.24) is 5.32 Å². The standard InChI is InChI=1S/C18H19ClN2OS/c1-3-12(2)14-9-10-16(15(19)11-14)20-18(23)21-17(22)13-7-5-4-6-8-13/h4-12H,3H2,1-2H3,(H2,20,21,22,23). The number of carbonyl (C=O) groups excluding carboxylic acids is 1. The number of carbonyl (C=O) groups is 1. The maximum atomic E-state index is 12.0. The van der Waals surface area contributed by atoms with Crippen LogP contribution in [0.2, 0.25) is 5.02 Å². The van der Waals surface area contributed by atoms with Gasteiger partial charge >= 0.3 is 0 Å². The number of hydrogen-bond donors (Lipinski definition) is 2. The zero-order valence-corrected chi connectivity index (χ0v) is 14.7. The second-order valence-corrected chi connectivity index (χ2v) is 6.14. The van der Waals surface area contributed by atoms with Crippen LogP contribution >= 0.6 is 23.8 Å². The summed E-state index contributed by atoms with van der Waals surface area (Å²) < 4.78 is 0. The molecule has 2 N–H and O–H groups in total. The Bertz CT molecular complexity index is 703. The molecule has 1 atom stereocenters. The molecule has 2 aromatic rings. The lowest BCUT2D eigenvalue weighted by Gasteiger charge is -2.14. The molecule has 5 heteroatoms. The molecule has 0 aliphatic carbocycles. The van der Waals surface area contributed by atoms with Crippen molar-refractivity contribution in [3.63, 3.8) is 0 Å². The quantitative estimate of drug-likeness (QED) is 0.767. The van der Waals surface area contributed by atoms with Crippen LogP contribution in [0.1, 0.15) is 42.1 Å². The summed E-state index contributed by atoms with van der Waals surface area (Å²) in [5, 5.41) is 6.41. The van der Waals surface area contributed by atoms with E-state index in [9.17, 15) is 4.79 Å². The van der Waals surface area contributed by atoms with Crippen LogP contribution in [0, 0.1) is 0 Å². The van der Waals surface area contributed by atoms with Crippen LogP contribution in [-0.4, -0.2) is 11.0 Å². The molecule has 1 amide bonds. The third kappa shape index (κ3) is 4.78. The summed E-state index contributed by atoms with van der Waals surface area (Å²) in [6, 6.07) is 14.7. The number of benzene rings is 2. The Balaban J connectivity index is 2.02. The van der Waals surface area contributed by atoms with E-state index in [1.807, 2.05) is 24.3 Å². The molecule has 2 rings (SSSR count). The fourth-order valence-electron chi connectivity index (χ4n) is 2.09. The summed E-state index contributed by atoms with van der Waals surface area (Å²) in [6.07, 6.45) is 1.05. The van der Waals surface area contributed by atoms with E-state index in [1.165, 1.54) is 5.56 Å². The number of anilines is 1. The average molecular weight is 347 g/mol. The molecule has 0 aromatic heterocycles. The summed E-state index contributed by atoms with van der Waals surface area (Å²) in [5.41, 5.74) is 2.41. The molecule has 0 spiro atoms. The molecule has 0 fully saturated rings. The summed E-state index contributed by atoms with van der Waals surface area (Å²) in [5.74, 6) is 0.196. The Kier molecular flexibility index (Phi) is 6.13. The maximum absolute atomic E-state index is 12.0. The largest absolute Gasteiger partial charge is 0.331 e. The fourth-order valence-corrected chi connectivity index (χ4v) is 2.53. The normalized spacial score (nSPS) is 11.6. The molecule has 3 nitrogen and oxygen atoms in total. The first kappa shape index (κ1) is 17.4. The predicted octanol–water partition coefficient (Wildman–Crippen LogP) is 4.98. The van der Waals surface area contributed by atoms with Gasteiger partial charge in [0.1, 0.15) is 0 Å². The topological polar surface area (TPSA) is 41.1 Å².